The summed E-state index contributed by atoms with van der Waals surface area (Å²) in [7, 11) is 0. The summed E-state index contributed by atoms with van der Waals surface area (Å²) in [6.45, 7) is 2.64. The van der Waals surface area contributed by atoms with Crippen LogP contribution in [0.4, 0.5) is 0 Å². The Bertz CT molecular complexity index is 1140. The summed E-state index contributed by atoms with van der Waals surface area (Å²) in [4.78, 5) is 21.7. The Hall–Kier alpha value is -2.90. The standard InChI is InChI=1S/C22H22N4O2S/c23-21(27)14-7-9-26(10-8-14)13-16-11-15-5-6-17(12-19(15)24-16)28-22-25-18-3-1-2-4-20(18)29-22/h1-6,11-12,14,24H,7-10,13H2,(H2,23,27). The molecule has 2 aromatic carbocycles. The molecule has 1 fully saturated rings. The highest BCUT2D eigenvalue weighted by Gasteiger charge is 2.23. The Labute approximate surface area is 172 Å². The average Bonchev–Trinajstić information content (AvgIpc) is 3.30. The van der Waals surface area contributed by atoms with Crippen molar-refractivity contribution in [3.05, 3.63) is 54.2 Å². The molecular weight excluding hydrogens is 384 g/mol. The molecule has 1 aliphatic heterocycles. The molecule has 0 aliphatic carbocycles. The number of thiazole rings is 1. The third-order valence-electron chi connectivity index (χ3n) is 5.51. The van der Waals surface area contributed by atoms with Crippen molar-refractivity contribution in [3.8, 4) is 10.9 Å². The first kappa shape index (κ1) is 18.1. The third-order valence-corrected chi connectivity index (χ3v) is 6.43. The van der Waals surface area contributed by atoms with Crippen LogP contribution in [0.25, 0.3) is 21.1 Å². The molecule has 1 aliphatic rings. The van der Waals surface area contributed by atoms with E-state index >= 15 is 0 Å². The zero-order valence-electron chi connectivity index (χ0n) is 15.9. The molecule has 3 heterocycles. The van der Waals surface area contributed by atoms with Gasteiger partial charge < -0.3 is 15.5 Å². The maximum absolute atomic E-state index is 11.3. The van der Waals surface area contributed by atoms with Gasteiger partial charge >= 0.3 is 0 Å². The van der Waals surface area contributed by atoms with E-state index in [0.717, 1.165) is 65.0 Å². The number of aromatic amines is 1. The van der Waals surface area contributed by atoms with Crippen LogP contribution >= 0.6 is 11.3 Å². The van der Waals surface area contributed by atoms with Crippen molar-refractivity contribution in [1.82, 2.24) is 14.9 Å². The molecule has 5 rings (SSSR count). The summed E-state index contributed by atoms with van der Waals surface area (Å²) in [6, 6.07) is 16.3. The first-order valence-electron chi connectivity index (χ1n) is 9.81. The zero-order chi connectivity index (χ0) is 19.8. The number of aromatic nitrogens is 2. The van der Waals surface area contributed by atoms with Crippen molar-refractivity contribution in [1.29, 1.82) is 0 Å². The number of hydrogen-bond donors (Lipinski definition) is 2. The molecule has 0 unspecified atom stereocenters. The van der Waals surface area contributed by atoms with Crippen LogP contribution in [0.1, 0.15) is 18.5 Å². The van der Waals surface area contributed by atoms with E-state index < -0.39 is 0 Å². The van der Waals surface area contributed by atoms with Gasteiger partial charge in [-0.15, -0.1) is 0 Å². The number of carbonyl (C=O) groups is 1. The van der Waals surface area contributed by atoms with Gasteiger partial charge in [-0.2, -0.15) is 0 Å². The fourth-order valence-corrected chi connectivity index (χ4v) is 4.76. The summed E-state index contributed by atoms with van der Waals surface area (Å²) in [5, 5.41) is 1.80. The number of benzene rings is 2. The number of nitrogens with zero attached hydrogens (tertiary/aromatic N) is 2. The molecule has 0 spiro atoms. The Balaban J connectivity index is 1.29. The molecule has 0 radical (unpaired) electrons. The van der Waals surface area contributed by atoms with Gasteiger partial charge in [-0.05, 0) is 61.6 Å². The van der Waals surface area contributed by atoms with E-state index in [0.29, 0.717) is 5.19 Å². The van der Waals surface area contributed by atoms with Crippen LogP contribution in [0.2, 0.25) is 0 Å². The highest BCUT2D eigenvalue weighted by Crippen LogP contribution is 2.32. The quantitative estimate of drug-likeness (QED) is 0.518. The van der Waals surface area contributed by atoms with Gasteiger partial charge in [0.05, 0.1) is 10.2 Å². The summed E-state index contributed by atoms with van der Waals surface area (Å²) >= 11 is 1.55. The van der Waals surface area contributed by atoms with Gasteiger partial charge in [0, 0.05) is 29.7 Å². The topological polar surface area (TPSA) is 84.2 Å². The van der Waals surface area contributed by atoms with Crippen LogP contribution in [-0.2, 0) is 11.3 Å². The monoisotopic (exact) mass is 406 g/mol. The van der Waals surface area contributed by atoms with Crippen LogP contribution in [-0.4, -0.2) is 33.9 Å². The van der Waals surface area contributed by atoms with Crippen LogP contribution in [0.5, 0.6) is 10.9 Å². The predicted molar refractivity (Wildman–Crippen MR) is 115 cm³/mol. The highest BCUT2D eigenvalue weighted by molar-refractivity contribution is 7.20. The number of ether oxygens (including phenoxy) is 1. The average molecular weight is 407 g/mol. The number of primary amides is 1. The predicted octanol–water partition coefficient (Wildman–Crippen LogP) is 4.27. The third kappa shape index (κ3) is 3.83. The molecule has 4 aromatic rings. The van der Waals surface area contributed by atoms with E-state index in [4.69, 9.17) is 10.5 Å². The van der Waals surface area contributed by atoms with Crippen molar-refractivity contribution in [2.45, 2.75) is 19.4 Å². The highest BCUT2D eigenvalue weighted by atomic mass is 32.1. The minimum Gasteiger partial charge on any atom is -0.431 e. The van der Waals surface area contributed by atoms with Crippen LogP contribution in [0.15, 0.2) is 48.5 Å². The number of nitrogens with one attached hydrogen (secondary N) is 1. The summed E-state index contributed by atoms with van der Waals surface area (Å²) in [5.74, 6) is 0.624. The van der Waals surface area contributed by atoms with Gasteiger partial charge in [0.25, 0.3) is 5.19 Å². The van der Waals surface area contributed by atoms with Crippen LogP contribution < -0.4 is 10.5 Å². The van der Waals surface area contributed by atoms with Crippen LogP contribution in [0, 0.1) is 5.92 Å². The first-order chi connectivity index (χ1) is 14.1. The van der Waals surface area contributed by atoms with E-state index in [1.54, 1.807) is 11.3 Å². The van der Waals surface area contributed by atoms with Gasteiger partial charge in [-0.25, -0.2) is 4.98 Å². The van der Waals surface area contributed by atoms with E-state index in [1.165, 1.54) is 0 Å². The lowest BCUT2D eigenvalue weighted by Gasteiger charge is -2.29. The van der Waals surface area contributed by atoms with Gasteiger partial charge in [-0.1, -0.05) is 23.5 Å². The van der Waals surface area contributed by atoms with Crippen molar-refractivity contribution < 1.29 is 9.53 Å². The second-order valence-electron chi connectivity index (χ2n) is 7.55. The molecule has 0 atom stereocenters. The van der Waals surface area contributed by atoms with Crippen LogP contribution in [0.3, 0.4) is 0 Å². The molecular formula is C22H22N4O2S. The second-order valence-corrected chi connectivity index (χ2v) is 8.54. The number of rotatable bonds is 5. The van der Waals surface area contributed by atoms with Crippen molar-refractivity contribution in [3.63, 3.8) is 0 Å². The number of nitrogens with two attached hydrogens (primary N) is 1. The number of para-hydroxylation sites is 1. The molecule has 1 saturated heterocycles. The van der Waals surface area contributed by atoms with Gasteiger partial charge in [0.1, 0.15) is 5.75 Å². The van der Waals surface area contributed by atoms with E-state index in [2.05, 4.69) is 27.0 Å². The normalized spacial score (nSPS) is 15.9. The minimum atomic E-state index is -0.170. The largest absolute Gasteiger partial charge is 0.431 e. The SMILES string of the molecule is NC(=O)C1CCN(Cc2cc3ccc(Oc4nc5ccccc5s4)cc3[nH]2)CC1. The zero-order valence-corrected chi connectivity index (χ0v) is 16.7. The number of fused-ring (bicyclic) bond motifs is 2. The molecule has 6 nitrogen and oxygen atoms in total. The molecule has 0 saturated carbocycles. The fourth-order valence-electron chi connectivity index (χ4n) is 3.93. The van der Waals surface area contributed by atoms with E-state index in [9.17, 15) is 4.79 Å². The lowest BCUT2D eigenvalue weighted by Crippen LogP contribution is -2.38. The maximum atomic E-state index is 11.3. The molecule has 3 N–H and O–H groups in total. The van der Waals surface area contributed by atoms with Gasteiger partial charge in [0.15, 0.2) is 0 Å². The fraction of sp³-hybridized carbons (Fsp3) is 0.273. The van der Waals surface area contributed by atoms with Gasteiger partial charge in [-0.3, -0.25) is 9.69 Å². The molecule has 7 heteroatoms. The first-order valence-corrected chi connectivity index (χ1v) is 10.6. The van der Waals surface area contributed by atoms with E-state index in [-0.39, 0.29) is 11.8 Å². The summed E-state index contributed by atoms with van der Waals surface area (Å²) in [5.41, 5.74) is 8.59. The van der Waals surface area contributed by atoms with Crippen molar-refractivity contribution >= 4 is 38.4 Å². The maximum Gasteiger partial charge on any atom is 0.279 e. The second kappa shape index (κ2) is 7.50. The number of hydrogen-bond acceptors (Lipinski definition) is 5. The number of likely N-dealkylation sites (tertiary alicyclic amines) is 1. The van der Waals surface area contributed by atoms with Gasteiger partial charge in [0.2, 0.25) is 5.91 Å². The lowest BCUT2D eigenvalue weighted by molar-refractivity contribution is -0.123. The Morgan fingerprint density at radius 2 is 2.03 bits per heavy atom. The Kier molecular flexibility index (Phi) is 4.69. The lowest BCUT2D eigenvalue weighted by atomic mass is 9.96. The molecule has 1 amide bonds. The smallest absolute Gasteiger partial charge is 0.279 e. The summed E-state index contributed by atoms with van der Waals surface area (Å²) in [6.07, 6.45) is 1.69. The number of piperidine rings is 1. The number of amides is 1. The Morgan fingerprint density at radius 3 is 2.83 bits per heavy atom. The molecule has 148 valence electrons. The minimum absolute atomic E-state index is 0.0242. The van der Waals surface area contributed by atoms with Crippen molar-refractivity contribution in [2.24, 2.45) is 11.7 Å². The molecule has 0 bridgehead atoms. The van der Waals surface area contributed by atoms with Crippen molar-refractivity contribution in [2.75, 3.05) is 13.1 Å². The Morgan fingerprint density at radius 1 is 1.21 bits per heavy atom. The number of carbonyl (C=O) groups excluding carboxylic acids is 1. The molecule has 29 heavy (non-hydrogen) atoms. The number of H-pyrrole nitrogens is 1. The van der Waals surface area contributed by atoms with E-state index in [1.807, 2.05) is 36.4 Å². The molecule has 2 aromatic heterocycles. The summed E-state index contributed by atoms with van der Waals surface area (Å²) < 4.78 is 7.11.